The van der Waals surface area contributed by atoms with Gasteiger partial charge in [-0.25, -0.2) is 42.5 Å². The summed E-state index contributed by atoms with van der Waals surface area (Å²) >= 11 is 0. The Morgan fingerprint density at radius 2 is 0.474 bits per heavy atom. The first-order chi connectivity index (χ1) is 34.8. The SMILES string of the molecule is CCNC(O)(O)NCCNC(O)(O)NCNC(O)(O)NC(=O)CC.CCNC(O)(O)NCCNC(O)(O)NCNC(O)(O)NC(C)=O.CCNC(O)(O)NCNC(O)(O)NCNC(O)(O)NC(=O)CC.c1ccccc1. The van der Waals surface area contributed by atoms with E-state index in [9.17, 15) is 106 Å². The Morgan fingerprint density at radius 1 is 0.289 bits per heavy atom. The van der Waals surface area contributed by atoms with Crippen LogP contribution < -0.4 is 95.7 Å². The Balaban J connectivity index is -0.000000991. The van der Waals surface area contributed by atoms with Crippen molar-refractivity contribution in [2.45, 2.75) is 109 Å². The van der Waals surface area contributed by atoms with Crippen molar-refractivity contribution in [3.63, 3.8) is 0 Å². The molecule has 3 amide bonds. The molecule has 0 aliphatic rings. The summed E-state index contributed by atoms with van der Waals surface area (Å²) in [4.78, 5) is 32.7. The summed E-state index contributed by atoms with van der Waals surface area (Å²) in [6.45, 7) is 7.55. The Bertz CT molecular complexity index is 1650. The van der Waals surface area contributed by atoms with E-state index in [1.165, 1.54) is 13.8 Å². The van der Waals surface area contributed by atoms with Crippen molar-refractivity contribution in [2.75, 3.05) is 72.5 Å². The molecule has 36 N–H and O–H groups in total. The number of benzene rings is 1. The Morgan fingerprint density at radius 3 is 0.684 bits per heavy atom. The van der Waals surface area contributed by atoms with Crippen molar-refractivity contribution in [2.24, 2.45) is 0 Å². The van der Waals surface area contributed by atoms with Gasteiger partial charge in [0.15, 0.2) is 0 Å². The highest BCUT2D eigenvalue weighted by atomic mass is 16.6. The van der Waals surface area contributed by atoms with Gasteiger partial charge in [-0.1, -0.05) is 71.0 Å². The third kappa shape index (κ3) is 48.7. The second-order valence-corrected chi connectivity index (χ2v) is 15.1. The van der Waals surface area contributed by atoms with Crippen molar-refractivity contribution in [3.8, 4) is 0 Å². The number of hydrogen-bond acceptors (Lipinski definition) is 36. The van der Waals surface area contributed by atoms with Crippen molar-refractivity contribution < 1.29 is 106 Å². The predicted molar refractivity (Wildman–Crippen MR) is 259 cm³/mol. The lowest BCUT2D eigenvalue weighted by Gasteiger charge is -2.29. The second-order valence-electron chi connectivity index (χ2n) is 15.1. The molecular weight excluding hydrogens is 1030 g/mol. The summed E-state index contributed by atoms with van der Waals surface area (Å²) in [6.07, 6.45) is 0.0472. The van der Waals surface area contributed by atoms with Crippen LogP contribution in [0.25, 0.3) is 0 Å². The standard InChI is InChI=1S/C11H28N6O7.2C10H26N6O7.C6H6/c1-3-8(18)17-11(23,24)16-7-15-10(21,22)14-6-5-13-9(19,20)12-4-2;1-3-11-8(18,19)12-4-5-13-9(20,21)14-6-15-10(22,23)16-7(2)17;1-3-7(17)16-10(22,23)15-6-14-9(20,21)13-5-12-8(18,19)11-4-2;1-2-4-6-5-3-1/h12-16,19-24H,3-7H2,1-2H3,(H,17,18);2*11-15,18-23H,3-6H2,1-2H3,(H,16,17);1-6H. The molecule has 0 heterocycles. The van der Waals surface area contributed by atoms with Crippen LogP contribution in [0.2, 0.25) is 0 Å². The molecule has 0 spiro atoms. The molecule has 1 aromatic rings. The van der Waals surface area contributed by atoms with E-state index >= 15 is 0 Å². The van der Waals surface area contributed by atoms with Crippen LogP contribution in [0.1, 0.15) is 54.4 Å². The van der Waals surface area contributed by atoms with Gasteiger partial charge in [0, 0.05) is 45.9 Å². The molecule has 0 unspecified atom stereocenters. The molecule has 0 bridgehead atoms. The largest absolute Gasteiger partial charge is 0.341 e. The molecule has 1 rings (SSSR count). The average Bonchev–Trinajstić information content (AvgIpc) is 3.26. The Kier molecular flexibility index (Phi) is 38.3. The summed E-state index contributed by atoms with van der Waals surface area (Å²) in [6, 6.07) is -11.1. The average molecular weight is 1120 g/mol. The van der Waals surface area contributed by atoms with Crippen LogP contribution in [0.15, 0.2) is 36.4 Å². The molecule has 39 nitrogen and oxygen atoms in total. The van der Waals surface area contributed by atoms with Crippen LogP contribution >= 0.6 is 0 Å². The van der Waals surface area contributed by atoms with Gasteiger partial charge in [0.2, 0.25) is 17.7 Å². The highest BCUT2D eigenvalue weighted by Gasteiger charge is 2.31. The number of nitrogens with one attached hydrogen (secondary N) is 18. The van der Waals surface area contributed by atoms with Crippen LogP contribution in [0.3, 0.4) is 0 Å². The Hall–Kier alpha value is -3.69. The maximum Gasteiger partial charge on any atom is 0.312 e. The molecule has 0 saturated carbocycles. The number of carbonyl (C=O) groups excluding carboxylic acids is 3. The minimum atomic E-state index is -2.75. The van der Waals surface area contributed by atoms with Crippen LogP contribution in [-0.2, 0) is 14.4 Å². The zero-order valence-corrected chi connectivity index (χ0v) is 42.9. The molecule has 0 fully saturated rings. The van der Waals surface area contributed by atoms with Gasteiger partial charge in [-0.15, -0.1) is 0 Å². The molecular formula is C37H86N18O21. The van der Waals surface area contributed by atoms with Crippen LogP contribution in [0, 0.1) is 0 Å². The topological polar surface area (TPSA) is 632 Å². The fourth-order valence-corrected chi connectivity index (χ4v) is 4.55. The van der Waals surface area contributed by atoms with Crippen molar-refractivity contribution >= 4 is 17.7 Å². The number of amides is 3. The van der Waals surface area contributed by atoms with E-state index in [4.69, 9.17) is 0 Å². The molecule has 0 saturated heterocycles. The first kappa shape index (κ1) is 76.5. The number of aliphatic hydroxyl groups is 18. The predicted octanol–water partition coefficient (Wildman–Crippen LogP) is -16.1. The van der Waals surface area contributed by atoms with Crippen LogP contribution in [0.4, 0.5) is 0 Å². The Labute approximate surface area is 436 Å². The normalized spacial score (nSPS) is 12.8. The molecule has 76 heavy (non-hydrogen) atoms. The van der Waals surface area contributed by atoms with E-state index in [0.29, 0.717) is 13.1 Å². The zero-order chi connectivity index (χ0) is 59.4. The lowest BCUT2D eigenvalue weighted by molar-refractivity contribution is -0.239. The van der Waals surface area contributed by atoms with E-state index in [1.54, 1.807) is 26.1 Å². The summed E-state index contributed by atoms with van der Waals surface area (Å²) in [5.74, 6) is -1.99. The van der Waals surface area contributed by atoms with Gasteiger partial charge in [-0.05, 0) is 19.6 Å². The quantitative estimate of drug-likeness (QED) is 0.0217. The molecule has 39 heteroatoms. The molecule has 0 atom stereocenters. The minimum absolute atomic E-state index is 0.0189. The van der Waals surface area contributed by atoms with E-state index in [-0.39, 0.29) is 45.6 Å². The van der Waals surface area contributed by atoms with E-state index < -0.39 is 98.7 Å². The fourth-order valence-electron chi connectivity index (χ4n) is 4.55. The van der Waals surface area contributed by atoms with E-state index in [1.807, 2.05) is 68.3 Å². The molecule has 0 aliphatic carbocycles. The molecule has 450 valence electrons. The summed E-state index contributed by atoms with van der Waals surface area (Å²) in [7, 11) is 0. The van der Waals surface area contributed by atoms with E-state index in [0.717, 1.165) is 6.92 Å². The zero-order valence-electron chi connectivity index (χ0n) is 42.9. The number of rotatable bonds is 37. The van der Waals surface area contributed by atoms with Gasteiger partial charge in [0.1, 0.15) is 0 Å². The first-order valence-corrected chi connectivity index (χ1v) is 22.9. The van der Waals surface area contributed by atoms with Crippen molar-refractivity contribution in [1.29, 1.82) is 0 Å². The number of hydrogen-bond donors (Lipinski definition) is 36. The van der Waals surface area contributed by atoms with Gasteiger partial charge in [-0.3, -0.25) is 67.6 Å². The lowest BCUT2D eigenvalue weighted by Crippen LogP contribution is -2.67. The summed E-state index contributed by atoms with van der Waals surface area (Å²) < 4.78 is 0. The summed E-state index contributed by atoms with van der Waals surface area (Å²) in [5.41, 5.74) is 0. The lowest BCUT2D eigenvalue weighted by atomic mass is 10.4. The summed E-state index contributed by atoms with van der Waals surface area (Å²) in [5, 5.41) is 206. The van der Waals surface area contributed by atoms with Crippen LogP contribution in [0.5, 0.6) is 0 Å². The molecule has 1 aromatic carbocycles. The maximum absolute atomic E-state index is 11.0. The highest BCUT2D eigenvalue weighted by Crippen LogP contribution is 1.95. The molecule has 0 radical (unpaired) electrons. The fraction of sp³-hybridized carbons (Fsp3) is 0.757. The molecule has 0 aliphatic heterocycles. The highest BCUT2D eigenvalue weighted by molar-refractivity contribution is 5.76. The van der Waals surface area contributed by atoms with Gasteiger partial charge in [-0.2, -0.15) is 0 Å². The number of carbonyl (C=O) groups is 3. The van der Waals surface area contributed by atoms with Crippen molar-refractivity contribution in [3.05, 3.63) is 36.4 Å². The molecule has 0 aromatic heterocycles. The van der Waals surface area contributed by atoms with Crippen molar-refractivity contribution in [1.82, 2.24) is 95.7 Å². The maximum atomic E-state index is 11.0. The third-order valence-corrected chi connectivity index (χ3v) is 7.97. The third-order valence-electron chi connectivity index (χ3n) is 7.97. The van der Waals surface area contributed by atoms with Gasteiger partial charge in [0.25, 0.3) is 36.2 Å². The van der Waals surface area contributed by atoms with Gasteiger partial charge >= 0.3 is 18.1 Å². The monoisotopic (exact) mass is 1120 g/mol. The second kappa shape index (κ2) is 38.0. The minimum Gasteiger partial charge on any atom is -0.341 e. The van der Waals surface area contributed by atoms with Gasteiger partial charge in [0.05, 0.1) is 26.7 Å². The van der Waals surface area contributed by atoms with E-state index in [2.05, 4.69) is 58.5 Å². The van der Waals surface area contributed by atoms with Crippen LogP contribution in [-0.4, -0.2) is 236 Å². The van der Waals surface area contributed by atoms with Gasteiger partial charge < -0.3 is 91.9 Å². The first-order valence-electron chi connectivity index (χ1n) is 22.9. The smallest absolute Gasteiger partial charge is 0.312 e.